The van der Waals surface area contributed by atoms with Crippen LogP contribution in [0, 0.1) is 11.7 Å². The molecule has 150 valence electrons. The first kappa shape index (κ1) is 21.1. The molecule has 0 N–H and O–H groups in total. The second-order valence-electron chi connectivity index (χ2n) is 7.38. The van der Waals surface area contributed by atoms with E-state index in [1.807, 2.05) is 23.0 Å². The lowest BCUT2D eigenvalue weighted by atomic mass is 9.93. The van der Waals surface area contributed by atoms with Crippen molar-refractivity contribution in [2.45, 2.75) is 37.1 Å². The summed E-state index contributed by atoms with van der Waals surface area (Å²) in [6.07, 6.45) is 8.51. The fraction of sp³-hybridized carbons (Fsp3) is 0.429. The predicted octanol–water partition coefficient (Wildman–Crippen LogP) is 4.09. The maximum Gasteiger partial charge on any atom is 0.157 e. The number of aromatic nitrogens is 2. The van der Waals surface area contributed by atoms with E-state index >= 15 is 0 Å². The molecule has 2 aliphatic rings. The molecule has 4 rings (SSSR count). The Hall–Kier alpha value is -1.63. The molecule has 1 aliphatic carbocycles. The highest BCUT2D eigenvalue weighted by atomic mass is 35.5. The minimum absolute atomic E-state index is 0. The van der Waals surface area contributed by atoms with Gasteiger partial charge < -0.3 is 0 Å². The molecule has 2 fully saturated rings. The fourth-order valence-corrected chi connectivity index (χ4v) is 4.05. The van der Waals surface area contributed by atoms with Gasteiger partial charge in [-0.05, 0) is 37.0 Å². The normalized spacial score (nSPS) is 22.6. The fourth-order valence-electron chi connectivity index (χ4n) is 3.75. The van der Waals surface area contributed by atoms with Crippen molar-refractivity contribution in [1.82, 2.24) is 14.7 Å². The number of ketones is 1. The average molecular weight is 422 g/mol. The van der Waals surface area contributed by atoms with Crippen LogP contribution >= 0.6 is 25.0 Å². The maximum absolute atomic E-state index is 14.5. The summed E-state index contributed by atoms with van der Waals surface area (Å²) < 4.78 is 16.4. The molecule has 2 aromatic rings. The number of rotatable bonds is 6. The van der Waals surface area contributed by atoms with E-state index < -0.39 is 6.04 Å². The molecule has 0 amide bonds. The van der Waals surface area contributed by atoms with Gasteiger partial charge in [-0.3, -0.25) is 14.4 Å². The molecule has 0 bridgehead atoms. The number of hydrogen-bond acceptors (Lipinski definition) is 4. The van der Waals surface area contributed by atoms with E-state index in [1.54, 1.807) is 18.3 Å². The number of carbonyl (C=O) groups excluding carboxylic acids is 1. The molecule has 0 radical (unpaired) electrons. The highest BCUT2D eigenvalue weighted by Crippen LogP contribution is 2.39. The average Bonchev–Trinajstić information content (AvgIpc) is 3.39. The van der Waals surface area contributed by atoms with E-state index in [0.29, 0.717) is 18.7 Å². The molecule has 1 saturated carbocycles. The summed E-state index contributed by atoms with van der Waals surface area (Å²) in [5.74, 6) is -0.0597. The minimum atomic E-state index is -0.507. The number of likely N-dealkylation sites (tertiary alicyclic amines) is 1. The second kappa shape index (κ2) is 9.25. The van der Waals surface area contributed by atoms with Crippen LogP contribution in [0.5, 0.6) is 0 Å². The van der Waals surface area contributed by atoms with Crippen LogP contribution in [-0.2, 0) is 11.3 Å². The van der Waals surface area contributed by atoms with Crippen molar-refractivity contribution >= 4 is 30.8 Å². The van der Waals surface area contributed by atoms with Gasteiger partial charge in [0.1, 0.15) is 5.82 Å². The smallest absolute Gasteiger partial charge is 0.157 e. The highest BCUT2D eigenvalue weighted by molar-refractivity contribution is 7.81. The van der Waals surface area contributed by atoms with Crippen LogP contribution in [0.4, 0.5) is 4.39 Å². The summed E-state index contributed by atoms with van der Waals surface area (Å²) in [6, 6.07) is 8.07. The molecule has 2 heterocycles. The Morgan fingerprint density at radius 3 is 2.75 bits per heavy atom. The number of carbonyl (C=O) groups is 1. The Morgan fingerprint density at radius 1 is 1.29 bits per heavy atom. The number of benzene rings is 1. The van der Waals surface area contributed by atoms with E-state index in [2.05, 4.69) is 16.1 Å². The van der Waals surface area contributed by atoms with Crippen LogP contribution in [0.2, 0.25) is 0 Å². The lowest BCUT2D eigenvalue weighted by molar-refractivity contribution is -0.126. The van der Waals surface area contributed by atoms with Crippen LogP contribution in [0.3, 0.4) is 0 Å². The van der Waals surface area contributed by atoms with Gasteiger partial charge in [0, 0.05) is 42.2 Å². The molecule has 4 nitrogen and oxygen atoms in total. The van der Waals surface area contributed by atoms with Crippen LogP contribution in [0.15, 0.2) is 54.4 Å². The molecule has 2 unspecified atom stereocenters. The summed E-state index contributed by atoms with van der Waals surface area (Å²) in [7, 11) is 0. The SMILES string of the molecule is Cl.O=C(C1CC1)C(c1ccccc1F)N1CCC(S)C(=CCn2cccn2)C1. The van der Waals surface area contributed by atoms with Crippen LogP contribution in [0.1, 0.15) is 30.9 Å². The van der Waals surface area contributed by atoms with Crippen LogP contribution in [-0.4, -0.2) is 38.8 Å². The highest BCUT2D eigenvalue weighted by Gasteiger charge is 2.40. The Bertz CT molecular complexity index is 838. The third-order valence-electron chi connectivity index (χ3n) is 5.42. The van der Waals surface area contributed by atoms with Gasteiger partial charge in [0.15, 0.2) is 5.78 Å². The number of piperidine rings is 1. The largest absolute Gasteiger partial charge is 0.297 e. The monoisotopic (exact) mass is 421 g/mol. The summed E-state index contributed by atoms with van der Waals surface area (Å²) in [5.41, 5.74) is 1.67. The topological polar surface area (TPSA) is 38.1 Å². The first-order valence-corrected chi connectivity index (χ1v) is 10.0. The number of nitrogens with zero attached hydrogens (tertiary/aromatic N) is 3. The number of allylic oxidation sites excluding steroid dienone is 1. The van der Waals surface area contributed by atoms with Crippen molar-refractivity contribution in [3.05, 3.63) is 65.8 Å². The molecule has 1 aromatic carbocycles. The summed E-state index contributed by atoms with van der Waals surface area (Å²) in [4.78, 5) is 15.2. The Kier molecular flexibility index (Phi) is 6.96. The molecule has 1 aliphatic heterocycles. The van der Waals surface area contributed by atoms with Crippen molar-refractivity contribution in [3.63, 3.8) is 0 Å². The van der Waals surface area contributed by atoms with Crippen molar-refractivity contribution < 1.29 is 9.18 Å². The van der Waals surface area contributed by atoms with Crippen molar-refractivity contribution in [1.29, 1.82) is 0 Å². The van der Waals surface area contributed by atoms with Crippen molar-refractivity contribution in [2.24, 2.45) is 5.92 Å². The van der Waals surface area contributed by atoms with Gasteiger partial charge in [-0.2, -0.15) is 17.7 Å². The van der Waals surface area contributed by atoms with Crippen LogP contribution < -0.4 is 0 Å². The number of hydrogen-bond donors (Lipinski definition) is 1. The predicted molar refractivity (Wildman–Crippen MR) is 113 cm³/mol. The zero-order valence-electron chi connectivity index (χ0n) is 15.6. The Labute approximate surface area is 176 Å². The molecule has 28 heavy (non-hydrogen) atoms. The van der Waals surface area contributed by atoms with Gasteiger partial charge in [-0.25, -0.2) is 4.39 Å². The second-order valence-corrected chi connectivity index (χ2v) is 8.01. The molecule has 0 spiro atoms. The van der Waals surface area contributed by atoms with Crippen molar-refractivity contribution in [2.75, 3.05) is 13.1 Å². The zero-order valence-corrected chi connectivity index (χ0v) is 17.3. The van der Waals surface area contributed by atoms with E-state index in [-0.39, 0.29) is 35.2 Å². The van der Waals surface area contributed by atoms with E-state index in [4.69, 9.17) is 12.6 Å². The number of halogens is 2. The summed E-state index contributed by atoms with van der Waals surface area (Å²) in [5, 5.41) is 4.39. The molecule has 2 atom stereocenters. The van der Waals surface area contributed by atoms with Gasteiger partial charge in [-0.15, -0.1) is 12.4 Å². The lowest BCUT2D eigenvalue weighted by Gasteiger charge is -2.37. The molecular weight excluding hydrogens is 397 g/mol. The van der Waals surface area contributed by atoms with E-state index in [1.165, 1.54) is 11.6 Å². The number of Topliss-reactive ketones (excluding diaryl/α,β-unsaturated/α-hetero) is 1. The van der Waals surface area contributed by atoms with E-state index in [0.717, 1.165) is 25.8 Å². The Morgan fingerprint density at radius 2 is 2.07 bits per heavy atom. The third kappa shape index (κ3) is 4.67. The molecule has 1 aromatic heterocycles. The molecule has 7 heteroatoms. The zero-order chi connectivity index (χ0) is 18.8. The molecular formula is C21H25ClFN3OS. The van der Waals surface area contributed by atoms with Gasteiger partial charge in [0.05, 0.1) is 12.6 Å². The minimum Gasteiger partial charge on any atom is -0.297 e. The summed E-state index contributed by atoms with van der Waals surface area (Å²) in [6.45, 7) is 2.05. The van der Waals surface area contributed by atoms with Crippen molar-refractivity contribution in [3.8, 4) is 0 Å². The van der Waals surface area contributed by atoms with Gasteiger partial charge in [-0.1, -0.05) is 24.3 Å². The standard InChI is InChI=1S/C21H24FN3OS.ClH/c22-18-5-2-1-4-17(18)20(21(26)15-6-7-15)24-12-9-19(27)16(14-24)8-13-25-11-3-10-23-25;/h1-5,8,10-11,15,19-20,27H,6-7,9,12-14H2;1H. The van der Waals surface area contributed by atoms with Crippen LogP contribution in [0.25, 0.3) is 0 Å². The van der Waals surface area contributed by atoms with Gasteiger partial charge in [0.2, 0.25) is 0 Å². The maximum atomic E-state index is 14.5. The van der Waals surface area contributed by atoms with E-state index in [9.17, 15) is 9.18 Å². The first-order chi connectivity index (χ1) is 13.1. The Balaban J connectivity index is 0.00000225. The van der Waals surface area contributed by atoms with Gasteiger partial charge >= 0.3 is 0 Å². The summed E-state index contributed by atoms with van der Waals surface area (Å²) >= 11 is 4.73. The lowest BCUT2D eigenvalue weighted by Crippen LogP contribution is -2.42. The van der Waals surface area contributed by atoms with Gasteiger partial charge in [0.25, 0.3) is 0 Å². The first-order valence-electron chi connectivity index (χ1n) is 9.50. The quantitative estimate of drug-likeness (QED) is 0.563. The third-order valence-corrected chi connectivity index (χ3v) is 6.01. The number of thiol groups is 1. The molecule has 1 saturated heterocycles.